The molecule has 1 aromatic carbocycles. The summed E-state index contributed by atoms with van der Waals surface area (Å²) < 4.78 is 10.7. The molecule has 5 nitrogen and oxygen atoms in total. The van der Waals surface area contributed by atoms with Crippen molar-refractivity contribution in [3.8, 4) is 5.75 Å². The molecule has 0 spiro atoms. The van der Waals surface area contributed by atoms with Gasteiger partial charge in [0.2, 0.25) is 0 Å². The van der Waals surface area contributed by atoms with Crippen molar-refractivity contribution in [1.82, 2.24) is 4.90 Å². The third-order valence-electron chi connectivity index (χ3n) is 3.03. The Kier molecular flexibility index (Phi) is 8.47. The fraction of sp³-hybridized carbons (Fsp3) is 0.562. The van der Waals surface area contributed by atoms with E-state index in [1.165, 1.54) is 0 Å². The van der Waals surface area contributed by atoms with Gasteiger partial charge in [-0.15, -0.1) is 0 Å². The molecule has 1 aromatic rings. The third kappa shape index (κ3) is 7.11. The summed E-state index contributed by atoms with van der Waals surface area (Å²) in [6.45, 7) is 7.27. The maximum Gasteiger partial charge on any atom is 0.320 e. The summed E-state index contributed by atoms with van der Waals surface area (Å²) in [4.78, 5) is 13.6. The van der Waals surface area contributed by atoms with Crippen LogP contribution >= 0.6 is 0 Å². The minimum absolute atomic E-state index is 0.182. The van der Waals surface area contributed by atoms with Gasteiger partial charge in [0.25, 0.3) is 0 Å². The molecule has 0 aliphatic carbocycles. The van der Waals surface area contributed by atoms with Crippen LogP contribution in [0, 0.1) is 0 Å². The number of rotatable bonds is 10. The molecule has 0 saturated carbocycles. The smallest absolute Gasteiger partial charge is 0.320 e. The van der Waals surface area contributed by atoms with Crippen molar-refractivity contribution in [2.45, 2.75) is 26.8 Å². The van der Waals surface area contributed by atoms with Gasteiger partial charge in [-0.1, -0.05) is 19.1 Å². The first-order valence-electron chi connectivity index (χ1n) is 7.49. The number of carbonyl (C=O) groups is 1. The zero-order valence-corrected chi connectivity index (χ0v) is 13.0. The standard InChI is InChI=1S/C16H26N2O3/c1-3-9-18(13-16(19)20-4-2)10-11-21-15-7-5-14(12-17)6-8-15/h5-8H,3-4,9-13,17H2,1-2H3. The molecular weight excluding hydrogens is 268 g/mol. The van der Waals surface area contributed by atoms with Crippen LogP contribution < -0.4 is 10.5 Å². The Labute approximate surface area is 127 Å². The lowest BCUT2D eigenvalue weighted by Gasteiger charge is -2.20. The summed E-state index contributed by atoms with van der Waals surface area (Å²) in [7, 11) is 0. The fourth-order valence-electron chi connectivity index (χ4n) is 1.99. The normalized spacial score (nSPS) is 10.7. The second-order valence-corrected chi connectivity index (χ2v) is 4.78. The number of benzene rings is 1. The van der Waals surface area contributed by atoms with E-state index in [4.69, 9.17) is 15.2 Å². The molecule has 0 bridgehead atoms. The lowest BCUT2D eigenvalue weighted by molar-refractivity contribution is -0.144. The fourth-order valence-corrected chi connectivity index (χ4v) is 1.99. The highest BCUT2D eigenvalue weighted by molar-refractivity contribution is 5.71. The molecule has 21 heavy (non-hydrogen) atoms. The van der Waals surface area contributed by atoms with Crippen molar-refractivity contribution in [3.63, 3.8) is 0 Å². The van der Waals surface area contributed by atoms with Crippen LogP contribution in [0.4, 0.5) is 0 Å². The second-order valence-electron chi connectivity index (χ2n) is 4.78. The maximum atomic E-state index is 11.5. The Morgan fingerprint density at radius 2 is 1.90 bits per heavy atom. The highest BCUT2D eigenvalue weighted by Crippen LogP contribution is 2.11. The van der Waals surface area contributed by atoms with Crippen molar-refractivity contribution in [3.05, 3.63) is 29.8 Å². The van der Waals surface area contributed by atoms with Crippen molar-refractivity contribution >= 4 is 5.97 Å². The molecule has 5 heteroatoms. The first-order chi connectivity index (χ1) is 10.2. The summed E-state index contributed by atoms with van der Waals surface area (Å²) in [6, 6.07) is 7.74. The zero-order chi connectivity index (χ0) is 15.5. The van der Waals surface area contributed by atoms with Crippen molar-refractivity contribution < 1.29 is 14.3 Å². The first-order valence-corrected chi connectivity index (χ1v) is 7.49. The molecule has 0 aliphatic heterocycles. The highest BCUT2D eigenvalue weighted by Gasteiger charge is 2.10. The monoisotopic (exact) mass is 294 g/mol. The highest BCUT2D eigenvalue weighted by atomic mass is 16.5. The van der Waals surface area contributed by atoms with Crippen LogP contribution in [0.15, 0.2) is 24.3 Å². The summed E-state index contributed by atoms with van der Waals surface area (Å²) in [6.07, 6.45) is 0.991. The molecule has 118 valence electrons. The lowest BCUT2D eigenvalue weighted by atomic mass is 10.2. The van der Waals surface area contributed by atoms with Gasteiger partial charge in [-0.05, 0) is 37.6 Å². The number of nitrogens with zero attached hydrogens (tertiary/aromatic N) is 1. The summed E-state index contributed by atoms with van der Waals surface area (Å²) >= 11 is 0. The van der Waals surface area contributed by atoms with Crippen LogP contribution in [-0.4, -0.2) is 43.7 Å². The molecule has 0 radical (unpaired) electrons. The average Bonchev–Trinajstić information content (AvgIpc) is 2.48. The zero-order valence-electron chi connectivity index (χ0n) is 13.0. The van der Waals surface area contributed by atoms with Crippen molar-refractivity contribution in [1.29, 1.82) is 0 Å². The number of nitrogens with two attached hydrogens (primary N) is 1. The van der Waals surface area contributed by atoms with Gasteiger partial charge in [-0.3, -0.25) is 9.69 Å². The van der Waals surface area contributed by atoms with Crippen molar-refractivity contribution in [2.24, 2.45) is 5.73 Å². The Morgan fingerprint density at radius 3 is 2.48 bits per heavy atom. The molecule has 0 amide bonds. The Balaban J connectivity index is 2.36. The molecule has 1 rings (SSSR count). The summed E-state index contributed by atoms with van der Waals surface area (Å²) in [5, 5.41) is 0. The average molecular weight is 294 g/mol. The minimum Gasteiger partial charge on any atom is -0.492 e. The first kappa shape index (κ1) is 17.5. The summed E-state index contributed by atoms with van der Waals surface area (Å²) in [5.41, 5.74) is 6.63. The minimum atomic E-state index is -0.182. The predicted molar refractivity (Wildman–Crippen MR) is 83.2 cm³/mol. The lowest BCUT2D eigenvalue weighted by Crippen LogP contribution is -2.35. The van der Waals surface area contributed by atoms with Crippen LogP contribution in [0.5, 0.6) is 5.75 Å². The van der Waals surface area contributed by atoms with E-state index in [0.29, 0.717) is 32.8 Å². The van der Waals surface area contributed by atoms with Gasteiger partial charge in [0.1, 0.15) is 12.4 Å². The molecular formula is C16H26N2O3. The van der Waals surface area contributed by atoms with Crippen LogP contribution in [-0.2, 0) is 16.1 Å². The Hall–Kier alpha value is -1.59. The van der Waals surface area contributed by atoms with E-state index < -0.39 is 0 Å². The third-order valence-corrected chi connectivity index (χ3v) is 3.03. The van der Waals surface area contributed by atoms with Gasteiger partial charge < -0.3 is 15.2 Å². The second kappa shape index (κ2) is 10.2. The van der Waals surface area contributed by atoms with Gasteiger partial charge in [-0.2, -0.15) is 0 Å². The van der Waals surface area contributed by atoms with E-state index in [9.17, 15) is 4.79 Å². The van der Waals surface area contributed by atoms with Gasteiger partial charge in [0, 0.05) is 13.1 Å². The largest absolute Gasteiger partial charge is 0.492 e. The molecule has 0 atom stereocenters. The number of esters is 1. The molecule has 0 unspecified atom stereocenters. The van der Waals surface area contributed by atoms with Crippen molar-refractivity contribution in [2.75, 3.05) is 32.8 Å². The number of hydrogen-bond donors (Lipinski definition) is 1. The number of ether oxygens (including phenoxy) is 2. The molecule has 0 heterocycles. The van der Waals surface area contributed by atoms with Gasteiger partial charge in [-0.25, -0.2) is 0 Å². The SMILES string of the molecule is CCCN(CCOc1ccc(CN)cc1)CC(=O)OCC. The van der Waals surface area contributed by atoms with E-state index in [-0.39, 0.29) is 5.97 Å². The molecule has 0 saturated heterocycles. The molecule has 0 aromatic heterocycles. The Bertz CT molecular complexity index is 406. The Morgan fingerprint density at radius 1 is 1.19 bits per heavy atom. The topological polar surface area (TPSA) is 64.8 Å². The van der Waals surface area contributed by atoms with Crippen LogP contribution in [0.1, 0.15) is 25.8 Å². The van der Waals surface area contributed by atoms with E-state index in [1.807, 2.05) is 36.1 Å². The van der Waals surface area contributed by atoms with E-state index >= 15 is 0 Å². The van der Waals surface area contributed by atoms with E-state index in [2.05, 4.69) is 6.92 Å². The van der Waals surface area contributed by atoms with Gasteiger partial charge in [0.15, 0.2) is 0 Å². The quantitative estimate of drug-likeness (QED) is 0.667. The summed E-state index contributed by atoms with van der Waals surface area (Å²) in [5.74, 6) is 0.637. The predicted octanol–water partition coefficient (Wildman–Crippen LogP) is 1.80. The van der Waals surface area contributed by atoms with E-state index in [0.717, 1.165) is 24.3 Å². The van der Waals surface area contributed by atoms with Crippen LogP contribution in [0.3, 0.4) is 0 Å². The molecule has 0 fully saturated rings. The number of carbonyl (C=O) groups excluding carboxylic acids is 1. The molecule has 0 aliphatic rings. The van der Waals surface area contributed by atoms with E-state index in [1.54, 1.807) is 0 Å². The maximum absolute atomic E-state index is 11.5. The number of hydrogen-bond acceptors (Lipinski definition) is 5. The van der Waals surface area contributed by atoms with Gasteiger partial charge >= 0.3 is 5.97 Å². The van der Waals surface area contributed by atoms with Crippen LogP contribution in [0.2, 0.25) is 0 Å². The van der Waals surface area contributed by atoms with Crippen LogP contribution in [0.25, 0.3) is 0 Å². The molecule has 2 N–H and O–H groups in total. The van der Waals surface area contributed by atoms with Gasteiger partial charge in [0.05, 0.1) is 13.2 Å².